The molecule has 1 fully saturated rings. The van der Waals surface area contributed by atoms with Crippen molar-refractivity contribution in [3.05, 3.63) is 12.2 Å². The van der Waals surface area contributed by atoms with Gasteiger partial charge in [0.1, 0.15) is 12.2 Å². The van der Waals surface area contributed by atoms with Crippen LogP contribution in [0.4, 0.5) is 0 Å². The highest BCUT2D eigenvalue weighted by Gasteiger charge is 2.29. The Kier molecular flexibility index (Phi) is 2.98. The van der Waals surface area contributed by atoms with Crippen LogP contribution in [0.25, 0.3) is 0 Å². The molecule has 0 spiro atoms. The number of nitrogens with zero attached hydrogens (tertiary/aromatic N) is 3. The fraction of sp³-hybridized carbons (Fsp3) is 0.778. The summed E-state index contributed by atoms with van der Waals surface area (Å²) >= 11 is 0. The monoisotopic (exact) mass is 244 g/mol. The second-order valence-corrected chi connectivity index (χ2v) is 6.52. The van der Waals surface area contributed by atoms with Crippen LogP contribution in [-0.2, 0) is 16.9 Å². The molecule has 1 saturated heterocycles. The SMILES string of the molecule is CC(NC1CCS(=O)(=O)C1)c1nncn1C. The average molecular weight is 244 g/mol. The Hall–Kier alpha value is -0.950. The summed E-state index contributed by atoms with van der Waals surface area (Å²) < 4.78 is 24.4. The minimum absolute atomic E-state index is 0.0193. The summed E-state index contributed by atoms with van der Waals surface area (Å²) in [6.07, 6.45) is 2.32. The first-order valence-corrected chi connectivity index (χ1v) is 7.10. The highest BCUT2D eigenvalue weighted by Crippen LogP contribution is 2.16. The van der Waals surface area contributed by atoms with E-state index in [0.717, 1.165) is 5.82 Å². The van der Waals surface area contributed by atoms with Crippen molar-refractivity contribution in [2.24, 2.45) is 7.05 Å². The molecule has 16 heavy (non-hydrogen) atoms. The van der Waals surface area contributed by atoms with Gasteiger partial charge < -0.3 is 9.88 Å². The molecule has 2 unspecified atom stereocenters. The largest absolute Gasteiger partial charge is 0.319 e. The number of sulfone groups is 1. The van der Waals surface area contributed by atoms with E-state index in [-0.39, 0.29) is 23.6 Å². The smallest absolute Gasteiger partial charge is 0.151 e. The molecule has 2 rings (SSSR count). The lowest BCUT2D eigenvalue weighted by molar-refractivity contribution is 0.459. The lowest BCUT2D eigenvalue weighted by Gasteiger charge is -2.17. The van der Waals surface area contributed by atoms with Gasteiger partial charge in [0.25, 0.3) is 0 Å². The van der Waals surface area contributed by atoms with Crippen molar-refractivity contribution in [3.8, 4) is 0 Å². The summed E-state index contributed by atoms with van der Waals surface area (Å²) in [6, 6.07) is 0.0579. The van der Waals surface area contributed by atoms with Crippen LogP contribution in [0.2, 0.25) is 0 Å². The summed E-state index contributed by atoms with van der Waals surface area (Å²) in [5, 5.41) is 11.1. The molecule has 6 nitrogen and oxygen atoms in total. The summed E-state index contributed by atoms with van der Waals surface area (Å²) in [5.41, 5.74) is 0. The van der Waals surface area contributed by atoms with Crippen molar-refractivity contribution in [1.82, 2.24) is 20.1 Å². The fourth-order valence-electron chi connectivity index (χ4n) is 2.04. The molecule has 7 heteroatoms. The Bertz CT molecular complexity index is 468. The minimum atomic E-state index is -2.83. The standard InChI is InChI=1S/C9H16N4O2S/c1-7(9-12-10-6-13(9)2)11-8-3-4-16(14,15)5-8/h6-8,11H,3-5H2,1-2H3. The summed E-state index contributed by atoms with van der Waals surface area (Å²) in [5.74, 6) is 1.34. The van der Waals surface area contributed by atoms with Crippen LogP contribution in [0, 0.1) is 0 Å². The van der Waals surface area contributed by atoms with E-state index >= 15 is 0 Å². The number of rotatable bonds is 3. The first-order chi connectivity index (χ1) is 7.48. The van der Waals surface area contributed by atoms with E-state index in [1.165, 1.54) is 0 Å². The van der Waals surface area contributed by atoms with Crippen LogP contribution in [0.1, 0.15) is 25.2 Å². The third-order valence-electron chi connectivity index (χ3n) is 2.85. The number of hydrogen-bond acceptors (Lipinski definition) is 5. The van der Waals surface area contributed by atoms with Crippen molar-refractivity contribution < 1.29 is 8.42 Å². The molecular weight excluding hydrogens is 228 g/mol. The lowest BCUT2D eigenvalue weighted by atomic mass is 10.2. The van der Waals surface area contributed by atoms with Gasteiger partial charge in [-0.3, -0.25) is 0 Å². The fourth-order valence-corrected chi connectivity index (χ4v) is 3.72. The molecule has 1 N–H and O–H groups in total. The molecule has 0 radical (unpaired) electrons. The number of nitrogens with one attached hydrogen (secondary N) is 1. The van der Waals surface area contributed by atoms with Crippen LogP contribution < -0.4 is 5.32 Å². The van der Waals surface area contributed by atoms with Crippen LogP contribution >= 0.6 is 0 Å². The van der Waals surface area contributed by atoms with Gasteiger partial charge in [-0.1, -0.05) is 0 Å². The van der Waals surface area contributed by atoms with Gasteiger partial charge in [0.05, 0.1) is 17.5 Å². The maximum absolute atomic E-state index is 11.3. The van der Waals surface area contributed by atoms with Crippen LogP contribution in [0.3, 0.4) is 0 Å². The van der Waals surface area contributed by atoms with Crippen molar-refractivity contribution in [2.45, 2.75) is 25.4 Å². The Balaban J connectivity index is 1.99. The Morgan fingerprint density at radius 3 is 2.88 bits per heavy atom. The molecule has 0 amide bonds. The third-order valence-corrected chi connectivity index (χ3v) is 4.62. The van der Waals surface area contributed by atoms with Gasteiger partial charge >= 0.3 is 0 Å². The first kappa shape index (κ1) is 11.5. The zero-order chi connectivity index (χ0) is 11.8. The minimum Gasteiger partial charge on any atom is -0.319 e. The van der Waals surface area contributed by atoms with E-state index in [1.807, 2.05) is 18.5 Å². The van der Waals surface area contributed by atoms with Crippen molar-refractivity contribution in [3.63, 3.8) is 0 Å². The van der Waals surface area contributed by atoms with E-state index in [9.17, 15) is 8.42 Å². The molecule has 0 bridgehead atoms. The van der Waals surface area contributed by atoms with Crippen LogP contribution in [-0.4, -0.2) is 40.7 Å². The highest BCUT2D eigenvalue weighted by atomic mass is 32.2. The highest BCUT2D eigenvalue weighted by molar-refractivity contribution is 7.91. The topological polar surface area (TPSA) is 76.9 Å². The molecule has 0 aromatic carbocycles. The third kappa shape index (κ3) is 2.41. The molecule has 1 aliphatic rings. The zero-order valence-corrected chi connectivity index (χ0v) is 10.2. The number of aromatic nitrogens is 3. The van der Waals surface area contributed by atoms with Crippen LogP contribution in [0.5, 0.6) is 0 Å². The average Bonchev–Trinajstić information content (AvgIpc) is 2.72. The molecule has 0 aliphatic carbocycles. The Morgan fingerprint density at radius 1 is 1.62 bits per heavy atom. The second-order valence-electron chi connectivity index (χ2n) is 4.29. The van der Waals surface area contributed by atoms with E-state index in [0.29, 0.717) is 6.42 Å². The number of aryl methyl sites for hydroxylation is 1. The Morgan fingerprint density at radius 2 is 2.38 bits per heavy atom. The van der Waals surface area contributed by atoms with Crippen molar-refractivity contribution in [1.29, 1.82) is 0 Å². The van der Waals surface area contributed by atoms with E-state index in [4.69, 9.17) is 0 Å². The van der Waals surface area contributed by atoms with Gasteiger partial charge in [0.15, 0.2) is 9.84 Å². The van der Waals surface area contributed by atoms with Crippen LogP contribution in [0.15, 0.2) is 6.33 Å². The van der Waals surface area contributed by atoms with Gasteiger partial charge in [-0.2, -0.15) is 0 Å². The number of hydrogen-bond donors (Lipinski definition) is 1. The summed E-state index contributed by atoms with van der Waals surface area (Å²) in [4.78, 5) is 0. The first-order valence-electron chi connectivity index (χ1n) is 5.28. The normalized spacial score (nSPS) is 25.8. The van der Waals surface area contributed by atoms with Crippen molar-refractivity contribution in [2.75, 3.05) is 11.5 Å². The summed E-state index contributed by atoms with van der Waals surface area (Å²) in [7, 11) is -0.951. The van der Waals surface area contributed by atoms with E-state index < -0.39 is 9.84 Å². The lowest BCUT2D eigenvalue weighted by Crippen LogP contribution is -2.33. The molecule has 90 valence electrons. The van der Waals surface area contributed by atoms with Gasteiger partial charge in [-0.05, 0) is 13.3 Å². The zero-order valence-electron chi connectivity index (χ0n) is 9.42. The molecular formula is C9H16N4O2S. The van der Waals surface area contributed by atoms with Gasteiger partial charge in [-0.15, -0.1) is 10.2 Å². The van der Waals surface area contributed by atoms with Gasteiger partial charge in [-0.25, -0.2) is 8.42 Å². The molecule has 1 aliphatic heterocycles. The molecule has 1 aromatic heterocycles. The molecule has 2 heterocycles. The van der Waals surface area contributed by atoms with Gasteiger partial charge in [0, 0.05) is 13.1 Å². The Labute approximate surface area is 95.0 Å². The predicted octanol–water partition coefficient (Wildman–Crippen LogP) is -0.347. The maximum atomic E-state index is 11.3. The van der Waals surface area contributed by atoms with Crippen molar-refractivity contribution >= 4 is 9.84 Å². The molecule has 0 saturated carbocycles. The quantitative estimate of drug-likeness (QED) is 0.786. The van der Waals surface area contributed by atoms with E-state index in [2.05, 4.69) is 15.5 Å². The molecule has 2 atom stereocenters. The second kappa shape index (κ2) is 4.14. The molecule has 1 aromatic rings. The van der Waals surface area contributed by atoms with Gasteiger partial charge in [0.2, 0.25) is 0 Å². The van der Waals surface area contributed by atoms with E-state index in [1.54, 1.807) is 6.33 Å². The maximum Gasteiger partial charge on any atom is 0.151 e. The summed E-state index contributed by atoms with van der Waals surface area (Å²) in [6.45, 7) is 1.97. The predicted molar refractivity (Wildman–Crippen MR) is 59.6 cm³/mol.